The number of urea groups is 1. The van der Waals surface area contributed by atoms with Crippen LogP contribution in [0.15, 0.2) is 18.2 Å². The Morgan fingerprint density at radius 3 is 2.88 bits per heavy atom. The van der Waals surface area contributed by atoms with Gasteiger partial charge in [-0.05, 0) is 44.0 Å². The summed E-state index contributed by atoms with van der Waals surface area (Å²) in [4.78, 5) is 16.2. The largest absolute Gasteiger partial charge is 0.337 e. The van der Waals surface area contributed by atoms with E-state index in [1.54, 1.807) is 11.9 Å². The molecule has 6 heteroatoms. The summed E-state index contributed by atoms with van der Waals surface area (Å²) >= 11 is 0. The summed E-state index contributed by atoms with van der Waals surface area (Å²) in [6, 6.07) is 3.39. The Bertz CT molecular complexity index is 567. The molecule has 1 N–H and O–H groups in total. The van der Waals surface area contributed by atoms with Gasteiger partial charge in [0.15, 0.2) is 0 Å². The Kier molecular flexibility index (Phi) is 6.54. The quantitative estimate of drug-likeness (QED) is 0.895. The minimum absolute atomic E-state index is 0.155. The van der Waals surface area contributed by atoms with Gasteiger partial charge in [0.25, 0.3) is 0 Å². The van der Waals surface area contributed by atoms with E-state index in [9.17, 15) is 13.6 Å². The maximum Gasteiger partial charge on any atom is 0.317 e. The topological polar surface area (TPSA) is 35.6 Å². The number of halogens is 2. The van der Waals surface area contributed by atoms with Crippen LogP contribution in [0.5, 0.6) is 0 Å². The molecule has 1 heterocycles. The third kappa shape index (κ3) is 5.16. The fraction of sp³-hybridized carbons (Fsp3) is 0.611. The summed E-state index contributed by atoms with van der Waals surface area (Å²) in [5, 5.41) is 2.84. The average Bonchev–Trinajstić information content (AvgIpc) is 2.52. The normalized spacial score (nSPS) is 19.8. The molecule has 0 aliphatic carbocycles. The second-order valence-corrected chi connectivity index (χ2v) is 6.90. The standard InChI is InChI=1S/C18H27F2N3O/c1-13(16-7-6-15(19)9-17(16)20)10-21-18(24)23(3)12-14-5-4-8-22(2)11-14/h6-7,9,13-14H,4-5,8,10-12H2,1-3H3,(H,21,24)/t13-,14+/m0/s1. The molecule has 4 nitrogen and oxygen atoms in total. The van der Waals surface area contributed by atoms with Gasteiger partial charge in [0.1, 0.15) is 11.6 Å². The first-order valence-electron chi connectivity index (χ1n) is 8.49. The van der Waals surface area contributed by atoms with Crippen molar-refractivity contribution >= 4 is 6.03 Å². The number of amides is 2. The summed E-state index contributed by atoms with van der Waals surface area (Å²) in [5.74, 6) is -0.893. The number of hydrogen-bond donors (Lipinski definition) is 1. The number of rotatable bonds is 5. The van der Waals surface area contributed by atoms with E-state index in [1.807, 2.05) is 6.92 Å². The van der Waals surface area contributed by atoms with Gasteiger partial charge in [0.2, 0.25) is 0 Å². The Morgan fingerprint density at radius 1 is 1.46 bits per heavy atom. The third-order valence-corrected chi connectivity index (χ3v) is 4.65. The van der Waals surface area contributed by atoms with Crippen LogP contribution in [0.2, 0.25) is 0 Å². The molecule has 0 spiro atoms. The zero-order valence-corrected chi connectivity index (χ0v) is 14.7. The zero-order valence-electron chi connectivity index (χ0n) is 14.7. The maximum atomic E-state index is 13.8. The summed E-state index contributed by atoms with van der Waals surface area (Å²) in [6.07, 6.45) is 2.30. The van der Waals surface area contributed by atoms with E-state index >= 15 is 0 Å². The minimum atomic E-state index is -0.593. The van der Waals surface area contributed by atoms with Crippen LogP contribution in [0.4, 0.5) is 13.6 Å². The molecule has 0 saturated carbocycles. The van der Waals surface area contributed by atoms with E-state index in [4.69, 9.17) is 0 Å². The highest BCUT2D eigenvalue weighted by Gasteiger charge is 2.21. The van der Waals surface area contributed by atoms with Crippen LogP contribution in [0.25, 0.3) is 0 Å². The molecule has 0 unspecified atom stereocenters. The molecule has 0 aromatic heterocycles. The van der Waals surface area contributed by atoms with Crippen molar-refractivity contribution in [3.05, 3.63) is 35.4 Å². The molecule has 1 aliphatic heterocycles. The van der Waals surface area contributed by atoms with Crippen LogP contribution in [0.3, 0.4) is 0 Å². The molecule has 2 amide bonds. The van der Waals surface area contributed by atoms with Crippen LogP contribution < -0.4 is 5.32 Å². The van der Waals surface area contributed by atoms with Crippen LogP contribution in [0, 0.1) is 17.6 Å². The van der Waals surface area contributed by atoms with Crippen molar-refractivity contribution in [1.29, 1.82) is 0 Å². The molecule has 0 bridgehead atoms. The van der Waals surface area contributed by atoms with Crippen LogP contribution in [0.1, 0.15) is 31.2 Å². The van der Waals surface area contributed by atoms with Gasteiger partial charge < -0.3 is 15.1 Å². The van der Waals surface area contributed by atoms with Crippen molar-refractivity contribution in [3.8, 4) is 0 Å². The molecule has 1 fully saturated rings. The lowest BCUT2D eigenvalue weighted by atomic mass is 9.98. The monoisotopic (exact) mass is 339 g/mol. The van der Waals surface area contributed by atoms with Crippen LogP contribution in [-0.2, 0) is 0 Å². The third-order valence-electron chi connectivity index (χ3n) is 4.65. The molecular weight excluding hydrogens is 312 g/mol. The minimum Gasteiger partial charge on any atom is -0.337 e. The van der Waals surface area contributed by atoms with Gasteiger partial charge in [0.05, 0.1) is 0 Å². The highest BCUT2D eigenvalue weighted by Crippen LogP contribution is 2.19. The highest BCUT2D eigenvalue weighted by molar-refractivity contribution is 5.73. The molecule has 1 aliphatic rings. The summed E-state index contributed by atoms with van der Waals surface area (Å²) < 4.78 is 26.7. The van der Waals surface area contributed by atoms with E-state index in [0.717, 1.165) is 38.5 Å². The van der Waals surface area contributed by atoms with E-state index in [2.05, 4.69) is 17.3 Å². The van der Waals surface area contributed by atoms with Crippen LogP contribution >= 0.6 is 0 Å². The zero-order chi connectivity index (χ0) is 17.7. The molecule has 2 atom stereocenters. The van der Waals surface area contributed by atoms with Crippen molar-refractivity contribution < 1.29 is 13.6 Å². The van der Waals surface area contributed by atoms with E-state index in [-0.39, 0.29) is 11.9 Å². The molecular formula is C18H27F2N3O. The van der Waals surface area contributed by atoms with E-state index in [1.165, 1.54) is 12.1 Å². The van der Waals surface area contributed by atoms with Crippen molar-refractivity contribution in [1.82, 2.24) is 15.1 Å². The number of carbonyl (C=O) groups is 1. The number of likely N-dealkylation sites (tertiary alicyclic amines) is 1. The van der Waals surface area contributed by atoms with Gasteiger partial charge >= 0.3 is 6.03 Å². The SMILES string of the molecule is C[C@@H](CNC(=O)N(C)C[C@@H]1CCCN(C)C1)c1ccc(F)cc1F. The van der Waals surface area contributed by atoms with Crippen molar-refractivity contribution in [2.24, 2.45) is 5.92 Å². The molecule has 2 rings (SSSR count). The predicted octanol–water partition coefficient (Wildman–Crippen LogP) is 3.05. The Morgan fingerprint density at radius 2 is 2.21 bits per heavy atom. The summed E-state index contributed by atoms with van der Waals surface area (Å²) in [7, 11) is 3.89. The summed E-state index contributed by atoms with van der Waals surface area (Å²) in [5.41, 5.74) is 0.410. The average molecular weight is 339 g/mol. The van der Waals surface area contributed by atoms with Gasteiger partial charge in [-0.3, -0.25) is 0 Å². The molecule has 1 saturated heterocycles. The van der Waals surface area contributed by atoms with E-state index < -0.39 is 11.6 Å². The molecule has 24 heavy (non-hydrogen) atoms. The molecule has 1 aromatic rings. The second-order valence-electron chi connectivity index (χ2n) is 6.90. The highest BCUT2D eigenvalue weighted by atomic mass is 19.1. The first-order valence-corrected chi connectivity index (χ1v) is 8.49. The lowest BCUT2D eigenvalue weighted by molar-refractivity contribution is 0.163. The van der Waals surface area contributed by atoms with Gasteiger partial charge in [-0.1, -0.05) is 13.0 Å². The Balaban J connectivity index is 1.81. The van der Waals surface area contributed by atoms with Gasteiger partial charge in [0, 0.05) is 38.7 Å². The number of nitrogens with zero attached hydrogens (tertiary/aromatic N) is 2. The van der Waals surface area contributed by atoms with Gasteiger partial charge in [-0.2, -0.15) is 0 Å². The number of benzene rings is 1. The van der Waals surface area contributed by atoms with Crippen molar-refractivity contribution in [3.63, 3.8) is 0 Å². The number of carbonyl (C=O) groups excluding carboxylic acids is 1. The second kappa shape index (κ2) is 8.42. The molecule has 134 valence electrons. The lowest BCUT2D eigenvalue weighted by Gasteiger charge is -2.32. The maximum absolute atomic E-state index is 13.8. The van der Waals surface area contributed by atoms with Crippen LogP contribution in [-0.4, -0.2) is 56.1 Å². The smallest absolute Gasteiger partial charge is 0.317 e. The Labute approximate surface area is 142 Å². The number of piperidine rings is 1. The lowest BCUT2D eigenvalue weighted by Crippen LogP contribution is -2.44. The first-order chi connectivity index (χ1) is 11.4. The number of hydrogen-bond acceptors (Lipinski definition) is 2. The fourth-order valence-corrected chi connectivity index (χ4v) is 3.28. The fourth-order valence-electron chi connectivity index (χ4n) is 3.28. The van der Waals surface area contributed by atoms with Gasteiger partial charge in [-0.15, -0.1) is 0 Å². The van der Waals surface area contributed by atoms with E-state index in [0.29, 0.717) is 18.0 Å². The van der Waals surface area contributed by atoms with Crippen molar-refractivity contribution in [2.45, 2.75) is 25.7 Å². The van der Waals surface area contributed by atoms with Crippen molar-refractivity contribution in [2.75, 3.05) is 40.3 Å². The first kappa shape index (κ1) is 18.6. The molecule has 0 radical (unpaired) electrons. The Hall–Kier alpha value is -1.69. The van der Waals surface area contributed by atoms with Gasteiger partial charge in [-0.25, -0.2) is 13.6 Å². The predicted molar refractivity (Wildman–Crippen MR) is 91.0 cm³/mol. The summed E-state index contributed by atoms with van der Waals surface area (Å²) in [6.45, 7) is 4.97. The molecule has 1 aromatic carbocycles. The number of nitrogens with one attached hydrogen (secondary N) is 1.